The van der Waals surface area contributed by atoms with Gasteiger partial charge in [0.15, 0.2) is 6.29 Å². The number of hydrogen-bond donors (Lipinski definition) is 5. The Morgan fingerprint density at radius 1 is 1.17 bits per heavy atom. The molecule has 0 radical (unpaired) electrons. The van der Waals surface area contributed by atoms with Gasteiger partial charge in [-0.15, -0.1) is 0 Å². The number of ether oxygens (including phenoxy) is 3. The Labute approximate surface area is 138 Å². The molecule has 2 rings (SSSR count). The first kappa shape index (κ1) is 18.6. The van der Waals surface area contributed by atoms with Crippen molar-refractivity contribution in [3.8, 4) is 0 Å². The zero-order valence-electron chi connectivity index (χ0n) is 12.8. The molecular formula is C15H21NO8. The van der Waals surface area contributed by atoms with Crippen LogP contribution in [0.1, 0.15) is 5.56 Å². The molecule has 0 aromatic heterocycles. The van der Waals surface area contributed by atoms with E-state index in [0.29, 0.717) is 0 Å². The largest absolute Gasteiger partial charge is 0.445 e. The van der Waals surface area contributed by atoms with E-state index in [1.54, 1.807) is 12.1 Å². The van der Waals surface area contributed by atoms with E-state index in [1.807, 2.05) is 18.2 Å². The second-order valence-corrected chi connectivity index (χ2v) is 5.24. The number of aliphatic hydroxyl groups excluding tert-OH is 4. The van der Waals surface area contributed by atoms with Crippen LogP contribution in [0.2, 0.25) is 0 Å². The Bertz CT molecular complexity index is 513. The highest BCUT2D eigenvalue weighted by Gasteiger charge is 2.44. The summed E-state index contributed by atoms with van der Waals surface area (Å²) in [6, 6.07) is 9.08. The molecule has 1 aromatic rings. The monoisotopic (exact) mass is 343 g/mol. The lowest BCUT2D eigenvalue weighted by molar-refractivity contribution is -0.296. The smallest absolute Gasteiger partial charge is 0.409 e. The first-order chi connectivity index (χ1) is 11.5. The van der Waals surface area contributed by atoms with Crippen molar-refractivity contribution < 1.29 is 39.4 Å². The van der Waals surface area contributed by atoms with Crippen LogP contribution in [0.25, 0.3) is 0 Å². The van der Waals surface area contributed by atoms with Gasteiger partial charge in [0.1, 0.15) is 37.8 Å². The van der Waals surface area contributed by atoms with Crippen LogP contribution in [0.4, 0.5) is 4.79 Å². The minimum absolute atomic E-state index is 0.0847. The van der Waals surface area contributed by atoms with Gasteiger partial charge in [0.2, 0.25) is 0 Å². The molecule has 0 bridgehead atoms. The molecule has 134 valence electrons. The van der Waals surface area contributed by atoms with Gasteiger partial charge in [0.25, 0.3) is 0 Å². The lowest BCUT2D eigenvalue weighted by Gasteiger charge is -2.39. The molecular weight excluding hydrogens is 322 g/mol. The number of rotatable bonds is 6. The van der Waals surface area contributed by atoms with Gasteiger partial charge in [-0.05, 0) is 5.56 Å². The van der Waals surface area contributed by atoms with Crippen molar-refractivity contribution in [3.05, 3.63) is 35.9 Å². The zero-order chi connectivity index (χ0) is 17.5. The molecule has 0 spiro atoms. The van der Waals surface area contributed by atoms with Crippen LogP contribution in [0, 0.1) is 0 Å². The quantitative estimate of drug-likeness (QED) is 0.401. The van der Waals surface area contributed by atoms with Gasteiger partial charge in [-0.25, -0.2) is 4.79 Å². The lowest BCUT2D eigenvalue weighted by Crippen LogP contribution is -2.59. The lowest BCUT2D eigenvalue weighted by atomic mass is 9.99. The van der Waals surface area contributed by atoms with Gasteiger partial charge < -0.3 is 34.6 Å². The fraction of sp³-hybridized carbons (Fsp3) is 0.533. The van der Waals surface area contributed by atoms with Crippen molar-refractivity contribution in [1.29, 1.82) is 0 Å². The third-order valence-electron chi connectivity index (χ3n) is 3.55. The van der Waals surface area contributed by atoms with Crippen molar-refractivity contribution in [2.75, 3.05) is 13.3 Å². The maximum atomic E-state index is 11.5. The molecule has 1 aliphatic heterocycles. The average molecular weight is 343 g/mol. The molecule has 5 N–H and O–H groups in total. The Hall–Kier alpha value is -1.75. The van der Waals surface area contributed by atoms with E-state index in [4.69, 9.17) is 19.3 Å². The van der Waals surface area contributed by atoms with E-state index < -0.39 is 43.4 Å². The minimum Gasteiger partial charge on any atom is -0.445 e. The fourth-order valence-corrected chi connectivity index (χ4v) is 2.22. The van der Waals surface area contributed by atoms with Gasteiger partial charge in [-0.3, -0.25) is 5.32 Å². The number of carbonyl (C=O) groups is 1. The first-order valence-electron chi connectivity index (χ1n) is 7.39. The van der Waals surface area contributed by atoms with Crippen molar-refractivity contribution in [3.63, 3.8) is 0 Å². The Morgan fingerprint density at radius 3 is 2.54 bits per heavy atom. The number of aliphatic hydroxyl groups is 4. The molecule has 9 nitrogen and oxygen atoms in total. The summed E-state index contributed by atoms with van der Waals surface area (Å²) in [4.78, 5) is 11.5. The molecule has 1 fully saturated rings. The van der Waals surface area contributed by atoms with E-state index in [2.05, 4.69) is 5.32 Å². The van der Waals surface area contributed by atoms with E-state index in [0.717, 1.165) is 5.56 Å². The molecule has 0 aliphatic carbocycles. The highest BCUT2D eigenvalue weighted by Crippen LogP contribution is 2.21. The molecule has 1 aliphatic rings. The number of benzene rings is 1. The summed E-state index contributed by atoms with van der Waals surface area (Å²) in [6.07, 6.45) is -7.59. The van der Waals surface area contributed by atoms with E-state index in [9.17, 15) is 20.1 Å². The zero-order valence-corrected chi connectivity index (χ0v) is 12.8. The molecule has 24 heavy (non-hydrogen) atoms. The third kappa shape index (κ3) is 4.87. The minimum atomic E-state index is -1.55. The summed E-state index contributed by atoms with van der Waals surface area (Å²) in [5, 5.41) is 40.5. The summed E-state index contributed by atoms with van der Waals surface area (Å²) in [7, 11) is 0. The molecule has 0 unspecified atom stereocenters. The molecule has 0 saturated carbocycles. The Balaban J connectivity index is 1.72. The summed E-state index contributed by atoms with van der Waals surface area (Å²) >= 11 is 0. The maximum absolute atomic E-state index is 11.5. The highest BCUT2D eigenvalue weighted by molar-refractivity contribution is 5.66. The number of nitrogens with one attached hydrogen (secondary N) is 1. The topological polar surface area (TPSA) is 138 Å². The molecule has 1 aromatic carbocycles. The van der Waals surface area contributed by atoms with Crippen molar-refractivity contribution in [2.45, 2.75) is 37.3 Å². The number of amides is 1. The first-order valence-corrected chi connectivity index (χ1v) is 7.39. The molecule has 5 atom stereocenters. The third-order valence-corrected chi connectivity index (χ3v) is 3.55. The van der Waals surface area contributed by atoms with Crippen LogP contribution < -0.4 is 5.32 Å². The molecule has 1 saturated heterocycles. The van der Waals surface area contributed by atoms with Crippen molar-refractivity contribution >= 4 is 6.09 Å². The predicted octanol–water partition coefficient (Wildman–Crippen LogP) is -1.31. The highest BCUT2D eigenvalue weighted by atomic mass is 16.7. The number of hydrogen-bond acceptors (Lipinski definition) is 8. The molecule has 1 amide bonds. The second-order valence-electron chi connectivity index (χ2n) is 5.24. The summed E-state index contributed by atoms with van der Waals surface area (Å²) in [6.45, 7) is -0.848. The van der Waals surface area contributed by atoms with Gasteiger partial charge in [-0.1, -0.05) is 30.3 Å². The summed E-state index contributed by atoms with van der Waals surface area (Å²) < 4.78 is 15.0. The average Bonchev–Trinajstić information content (AvgIpc) is 2.60. The summed E-state index contributed by atoms with van der Waals surface area (Å²) in [5.74, 6) is 0. The normalized spacial score (nSPS) is 29.9. The standard InChI is InChI=1S/C15H21NO8/c17-6-10-11(18)12(19)13(14(20)24-10)23-8-16-15(21)22-7-9-4-2-1-3-5-9/h1-5,10-14,17-20H,6-8H2,(H,16,21)/t10-,11+,12+,13-,14-/m1/s1. The molecule has 1 heterocycles. The Morgan fingerprint density at radius 2 is 1.88 bits per heavy atom. The van der Waals surface area contributed by atoms with E-state index in [-0.39, 0.29) is 13.3 Å². The van der Waals surface area contributed by atoms with Crippen LogP contribution in [0.15, 0.2) is 30.3 Å². The summed E-state index contributed by atoms with van der Waals surface area (Å²) in [5.41, 5.74) is 0.818. The van der Waals surface area contributed by atoms with Crippen LogP contribution >= 0.6 is 0 Å². The van der Waals surface area contributed by atoms with Gasteiger partial charge in [-0.2, -0.15) is 0 Å². The van der Waals surface area contributed by atoms with Crippen LogP contribution in [0.5, 0.6) is 0 Å². The number of alkyl carbamates (subject to hydrolysis) is 1. The number of carbonyl (C=O) groups excluding carboxylic acids is 1. The Kier molecular flexibility index (Phi) is 6.91. The van der Waals surface area contributed by atoms with Crippen LogP contribution in [-0.4, -0.2) is 70.6 Å². The SMILES string of the molecule is O=C(NCO[C@@H]1[C@@H](O)[C@@H](O)[C@@H](CO)O[C@H]1O)OCc1ccccc1. The fourth-order valence-electron chi connectivity index (χ4n) is 2.22. The van der Waals surface area contributed by atoms with E-state index >= 15 is 0 Å². The van der Waals surface area contributed by atoms with Crippen LogP contribution in [-0.2, 0) is 20.8 Å². The second kappa shape index (κ2) is 8.92. The predicted molar refractivity (Wildman–Crippen MR) is 79.5 cm³/mol. The maximum Gasteiger partial charge on any atom is 0.409 e. The van der Waals surface area contributed by atoms with Gasteiger partial charge in [0, 0.05) is 0 Å². The van der Waals surface area contributed by atoms with Crippen LogP contribution in [0.3, 0.4) is 0 Å². The van der Waals surface area contributed by atoms with Crippen molar-refractivity contribution in [1.82, 2.24) is 5.32 Å². The van der Waals surface area contributed by atoms with Crippen molar-refractivity contribution in [2.24, 2.45) is 0 Å². The van der Waals surface area contributed by atoms with Gasteiger partial charge in [0.05, 0.1) is 6.61 Å². The van der Waals surface area contributed by atoms with E-state index in [1.165, 1.54) is 0 Å². The molecule has 9 heteroatoms. The van der Waals surface area contributed by atoms with Gasteiger partial charge >= 0.3 is 6.09 Å².